The van der Waals surface area contributed by atoms with Crippen molar-refractivity contribution in [2.75, 3.05) is 31.6 Å². The fourth-order valence-electron chi connectivity index (χ4n) is 2.39. The number of ether oxygens (including phenoxy) is 1. The lowest BCUT2D eigenvalue weighted by Crippen LogP contribution is -2.33. The van der Waals surface area contributed by atoms with Gasteiger partial charge in [0.15, 0.2) is 5.82 Å². The summed E-state index contributed by atoms with van der Waals surface area (Å²) in [4.78, 5) is 2.13. The quantitative estimate of drug-likeness (QED) is 0.773. The van der Waals surface area contributed by atoms with Crippen LogP contribution in [0.2, 0.25) is 0 Å². The number of hydrogen-bond donors (Lipinski definition) is 1. The molecule has 1 aliphatic rings. The van der Waals surface area contributed by atoms with Gasteiger partial charge in [-0.1, -0.05) is 6.92 Å². The number of likely N-dealkylation sites (N-methyl/N-ethyl adjacent to an activating group) is 1. The van der Waals surface area contributed by atoms with Gasteiger partial charge in [-0.2, -0.15) is 5.10 Å². The number of rotatable bonds is 7. The molecule has 0 saturated carbocycles. The molecule has 0 amide bonds. The van der Waals surface area contributed by atoms with Gasteiger partial charge in [0, 0.05) is 26.7 Å². The molecule has 1 saturated heterocycles. The summed E-state index contributed by atoms with van der Waals surface area (Å²) in [5.74, 6) is 0.915. The molecule has 1 aromatic rings. The predicted octanol–water partition coefficient (Wildman–Crippen LogP) is 1.98. The van der Waals surface area contributed by atoms with Crippen molar-refractivity contribution in [2.24, 2.45) is 0 Å². The Morgan fingerprint density at radius 3 is 2.90 bits per heavy atom. The Bertz CT molecular complexity index is 376. The molecule has 1 aromatic heterocycles. The Morgan fingerprint density at radius 1 is 1.35 bits per heavy atom. The van der Waals surface area contributed by atoms with Crippen LogP contribution in [0, 0.1) is 0 Å². The second kappa shape index (κ2) is 8.17. The van der Waals surface area contributed by atoms with Crippen LogP contribution < -0.4 is 10.2 Å². The monoisotopic (exact) mass is 278 g/mol. The van der Waals surface area contributed by atoms with E-state index < -0.39 is 0 Å². The van der Waals surface area contributed by atoms with Crippen LogP contribution in [0.15, 0.2) is 12.1 Å². The topological polar surface area (TPSA) is 50.3 Å². The first-order chi connectivity index (χ1) is 9.79. The van der Waals surface area contributed by atoms with E-state index in [0.29, 0.717) is 6.10 Å². The summed E-state index contributed by atoms with van der Waals surface area (Å²) in [5, 5.41) is 11.9. The highest BCUT2D eigenvalue weighted by molar-refractivity contribution is 5.36. The van der Waals surface area contributed by atoms with E-state index in [1.165, 1.54) is 12.8 Å². The van der Waals surface area contributed by atoms with E-state index in [4.69, 9.17) is 4.74 Å². The summed E-state index contributed by atoms with van der Waals surface area (Å²) in [7, 11) is 2.05. The minimum atomic E-state index is 0.335. The molecule has 0 bridgehead atoms. The van der Waals surface area contributed by atoms with E-state index in [1.54, 1.807) is 0 Å². The molecule has 0 radical (unpaired) electrons. The molecule has 1 fully saturated rings. The second-order valence-corrected chi connectivity index (χ2v) is 5.43. The maximum atomic E-state index is 5.76. The smallest absolute Gasteiger partial charge is 0.151 e. The van der Waals surface area contributed by atoms with Crippen molar-refractivity contribution >= 4 is 5.82 Å². The molecule has 1 atom stereocenters. The molecule has 5 nitrogen and oxygen atoms in total. The molecule has 2 rings (SSSR count). The van der Waals surface area contributed by atoms with Gasteiger partial charge in [0.2, 0.25) is 0 Å². The first kappa shape index (κ1) is 15.2. The van der Waals surface area contributed by atoms with Crippen molar-refractivity contribution in [2.45, 2.75) is 45.3 Å². The minimum Gasteiger partial charge on any atom is -0.376 e. The van der Waals surface area contributed by atoms with Gasteiger partial charge in [-0.05, 0) is 44.4 Å². The molecule has 0 aromatic carbocycles. The zero-order valence-corrected chi connectivity index (χ0v) is 12.6. The number of nitrogens with one attached hydrogen (secondary N) is 1. The van der Waals surface area contributed by atoms with Crippen LogP contribution in [0.3, 0.4) is 0 Å². The van der Waals surface area contributed by atoms with Gasteiger partial charge in [-0.3, -0.25) is 0 Å². The van der Waals surface area contributed by atoms with Gasteiger partial charge in [0.25, 0.3) is 0 Å². The maximum absolute atomic E-state index is 5.76. The number of anilines is 1. The molecule has 0 aliphatic carbocycles. The predicted molar refractivity (Wildman–Crippen MR) is 80.9 cm³/mol. The lowest BCUT2D eigenvalue weighted by atomic mass is 10.1. The molecule has 112 valence electrons. The lowest BCUT2D eigenvalue weighted by Gasteiger charge is -2.27. The molecule has 2 heterocycles. The van der Waals surface area contributed by atoms with Crippen LogP contribution in [0.1, 0.15) is 38.3 Å². The van der Waals surface area contributed by atoms with Crippen LogP contribution >= 0.6 is 0 Å². The van der Waals surface area contributed by atoms with Gasteiger partial charge < -0.3 is 15.0 Å². The summed E-state index contributed by atoms with van der Waals surface area (Å²) < 4.78 is 5.76. The first-order valence-corrected chi connectivity index (χ1v) is 7.65. The zero-order chi connectivity index (χ0) is 14.2. The molecule has 1 aliphatic heterocycles. The van der Waals surface area contributed by atoms with Gasteiger partial charge in [0.1, 0.15) is 0 Å². The second-order valence-electron chi connectivity index (χ2n) is 5.43. The van der Waals surface area contributed by atoms with E-state index in [1.807, 2.05) is 12.1 Å². The van der Waals surface area contributed by atoms with E-state index >= 15 is 0 Å². The van der Waals surface area contributed by atoms with E-state index in [0.717, 1.165) is 50.6 Å². The average Bonchev–Trinajstić information content (AvgIpc) is 2.49. The summed E-state index contributed by atoms with van der Waals surface area (Å²) >= 11 is 0. The highest BCUT2D eigenvalue weighted by Gasteiger charge is 2.16. The highest BCUT2D eigenvalue weighted by atomic mass is 16.5. The van der Waals surface area contributed by atoms with Gasteiger partial charge >= 0.3 is 0 Å². The highest BCUT2D eigenvalue weighted by Crippen LogP contribution is 2.16. The van der Waals surface area contributed by atoms with Crippen LogP contribution in [0.5, 0.6) is 0 Å². The average molecular weight is 278 g/mol. The SMILES string of the molecule is CCCNCc1ccc(N(C)CC2CCCCO2)nn1. The summed E-state index contributed by atoms with van der Waals surface area (Å²) in [6.45, 7) is 5.75. The molecule has 20 heavy (non-hydrogen) atoms. The largest absolute Gasteiger partial charge is 0.376 e. The molecular weight excluding hydrogens is 252 g/mol. The molecular formula is C15H26N4O. The zero-order valence-electron chi connectivity index (χ0n) is 12.6. The van der Waals surface area contributed by atoms with E-state index in [2.05, 4.69) is 34.4 Å². The normalized spacial score (nSPS) is 19.0. The fraction of sp³-hybridized carbons (Fsp3) is 0.733. The van der Waals surface area contributed by atoms with Crippen LogP contribution in [-0.2, 0) is 11.3 Å². The Morgan fingerprint density at radius 2 is 2.25 bits per heavy atom. The first-order valence-electron chi connectivity index (χ1n) is 7.65. The van der Waals surface area contributed by atoms with Crippen molar-refractivity contribution in [1.82, 2.24) is 15.5 Å². The van der Waals surface area contributed by atoms with E-state index in [9.17, 15) is 0 Å². The third kappa shape index (κ3) is 4.72. The van der Waals surface area contributed by atoms with Gasteiger partial charge in [-0.15, -0.1) is 5.10 Å². The Hall–Kier alpha value is -1.20. The van der Waals surface area contributed by atoms with Crippen molar-refractivity contribution in [1.29, 1.82) is 0 Å². The Kier molecular flexibility index (Phi) is 6.21. The fourth-order valence-corrected chi connectivity index (χ4v) is 2.39. The van der Waals surface area contributed by atoms with E-state index in [-0.39, 0.29) is 0 Å². The van der Waals surface area contributed by atoms with Crippen LogP contribution in [0.25, 0.3) is 0 Å². The maximum Gasteiger partial charge on any atom is 0.151 e. The number of nitrogens with zero attached hydrogens (tertiary/aromatic N) is 3. The van der Waals surface area contributed by atoms with Crippen molar-refractivity contribution in [3.63, 3.8) is 0 Å². The number of hydrogen-bond acceptors (Lipinski definition) is 5. The third-order valence-corrected chi connectivity index (χ3v) is 3.58. The van der Waals surface area contributed by atoms with Crippen LogP contribution in [0.4, 0.5) is 5.82 Å². The standard InChI is InChI=1S/C15H26N4O/c1-3-9-16-11-13-7-8-15(18-17-13)19(2)12-14-6-4-5-10-20-14/h7-8,14,16H,3-6,9-12H2,1-2H3. The third-order valence-electron chi connectivity index (χ3n) is 3.58. The lowest BCUT2D eigenvalue weighted by molar-refractivity contribution is 0.0215. The van der Waals surface area contributed by atoms with Crippen molar-refractivity contribution in [3.8, 4) is 0 Å². The molecule has 5 heteroatoms. The van der Waals surface area contributed by atoms with Gasteiger partial charge in [-0.25, -0.2) is 0 Å². The molecule has 1 unspecified atom stereocenters. The summed E-state index contributed by atoms with van der Waals surface area (Å²) in [6.07, 6.45) is 5.08. The van der Waals surface area contributed by atoms with Crippen molar-refractivity contribution < 1.29 is 4.74 Å². The van der Waals surface area contributed by atoms with Crippen LogP contribution in [-0.4, -0.2) is 43.0 Å². The molecule has 0 spiro atoms. The summed E-state index contributed by atoms with van der Waals surface area (Å²) in [6, 6.07) is 4.09. The number of aromatic nitrogens is 2. The minimum absolute atomic E-state index is 0.335. The van der Waals surface area contributed by atoms with Crippen molar-refractivity contribution in [3.05, 3.63) is 17.8 Å². The summed E-state index contributed by atoms with van der Waals surface area (Å²) in [5.41, 5.74) is 0.990. The Balaban J connectivity index is 1.81. The Labute approximate surface area is 121 Å². The van der Waals surface area contributed by atoms with Gasteiger partial charge in [0.05, 0.1) is 11.8 Å². The molecule has 1 N–H and O–H groups in total.